The third-order valence-corrected chi connectivity index (χ3v) is 4.62. The van der Waals surface area contributed by atoms with E-state index >= 15 is 0 Å². The Balaban J connectivity index is 2.54. The lowest BCUT2D eigenvalue weighted by molar-refractivity contribution is 0.414. The van der Waals surface area contributed by atoms with Crippen LogP contribution in [-0.2, 0) is 6.42 Å². The predicted octanol–water partition coefficient (Wildman–Crippen LogP) is 4.58. The molecular weight excluding hydrogens is 242 g/mol. The number of aryl methyl sites for hydroxylation is 1. The van der Waals surface area contributed by atoms with E-state index in [0.717, 1.165) is 17.5 Å². The number of halogens is 1. The van der Waals surface area contributed by atoms with Gasteiger partial charge in [-0.1, -0.05) is 25.4 Å². The number of hydrogen-bond donors (Lipinski definition) is 1. The molecule has 0 aliphatic heterocycles. The van der Waals surface area contributed by atoms with Crippen LogP contribution in [-0.4, -0.2) is 6.54 Å². The van der Waals surface area contributed by atoms with Crippen molar-refractivity contribution in [2.75, 3.05) is 6.54 Å². The largest absolute Gasteiger partial charge is 0.310 e. The summed E-state index contributed by atoms with van der Waals surface area (Å²) in [4.78, 5) is 0. The standard InChI is InChI=1S/C16H24ClN/c1-5-18-15-8-10(2)6-7-13-11(3)9-14(17)12(4)16(13)15/h9-10,15,18H,5-8H2,1-4H3. The van der Waals surface area contributed by atoms with Crippen LogP contribution < -0.4 is 5.32 Å². The Kier molecular flexibility index (Phi) is 4.34. The van der Waals surface area contributed by atoms with Crippen LogP contribution in [0.5, 0.6) is 0 Å². The molecule has 0 aromatic heterocycles. The summed E-state index contributed by atoms with van der Waals surface area (Å²) in [7, 11) is 0. The average Bonchev–Trinajstić information content (AvgIpc) is 2.47. The number of hydrogen-bond acceptors (Lipinski definition) is 1. The van der Waals surface area contributed by atoms with Crippen molar-refractivity contribution in [3.05, 3.63) is 33.3 Å². The van der Waals surface area contributed by atoms with Gasteiger partial charge in [-0.05, 0) is 73.9 Å². The van der Waals surface area contributed by atoms with Crippen LogP contribution in [0.25, 0.3) is 0 Å². The third kappa shape index (κ3) is 2.57. The highest BCUT2D eigenvalue weighted by molar-refractivity contribution is 6.31. The van der Waals surface area contributed by atoms with Crippen molar-refractivity contribution in [3.8, 4) is 0 Å². The lowest BCUT2D eigenvalue weighted by Gasteiger charge is -2.24. The molecular formula is C16H24ClN. The van der Waals surface area contributed by atoms with Gasteiger partial charge in [0.2, 0.25) is 0 Å². The molecule has 1 N–H and O–H groups in total. The fourth-order valence-corrected chi connectivity index (χ4v) is 3.48. The zero-order valence-corrected chi connectivity index (χ0v) is 12.7. The first kappa shape index (κ1) is 13.9. The maximum Gasteiger partial charge on any atom is 0.0441 e. The van der Waals surface area contributed by atoms with Gasteiger partial charge in [-0.3, -0.25) is 0 Å². The summed E-state index contributed by atoms with van der Waals surface area (Å²) in [5, 5.41) is 4.57. The van der Waals surface area contributed by atoms with Crippen molar-refractivity contribution in [1.29, 1.82) is 0 Å². The smallest absolute Gasteiger partial charge is 0.0441 e. The van der Waals surface area contributed by atoms with Gasteiger partial charge >= 0.3 is 0 Å². The van der Waals surface area contributed by atoms with Crippen LogP contribution in [0.4, 0.5) is 0 Å². The molecule has 1 aromatic rings. The zero-order chi connectivity index (χ0) is 13.3. The molecule has 100 valence electrons. The molecule has 0 spiro atoms. The van der Waals surface area contributed by atoms with E-state index in [0.29, 0.717) is 6.04 Å². The third-order valence-electron chi connectivity index (χ3n) is 4.23. The summed E-state index contributed by atoms with van der Waals surface area (Å²) in [6.45, 7) is 9.93. The maximum atomic E-state index is 6.38. The Bertz CT molecular complexity index is 439. The number of fused-ring (bicyclic) bond motifs is 1. The molecule has 2 atom stereocenters. The molecule has 18 heavy (non-hydrogen) atoms. The minimum absolute atomic E-state index is 0.472. The van der Waals surface area contributed by atoms with Gasteiger partial charge in [0.25, 0.3) is 0 Å². The van der Waals surface area contributed by atoms with Gasteiger partial charge in [0.1, 0.15) is 0 Å². The minimum atomic E-state index is 0.472. The lowest BCUT2D eigenvalue weighted by Crippen LogP contribution is -2.23. The van der Waals surface area contributed by atoms with E-state index in [1.54, 1.807) is 0 Å². The first-order valence-corrected chi connectivity index (χ1v) is 7.44. The van der Waals surface area contributed by atoms with Gasteiger partial charge in [-0.2, -0.15) is 0 Å². The van der Waals surface area contributed by atoms with Crippen LogP contribution in [0.15, 0.2) is 6.07 Å². The van der Waals surface area contributed by atoms with E-state index < -0.39 is 0 Å². The fourth-order valence-electron chi connectivity index (χ4n) is 3.22. The first-order valence-electron chi connectivity index (χ1n) is 7.06. The molecule has 2 heteroatoms. The van der Waals surface area contributed by atoms with E-state index in [2.05, 4.69) is 39.1 Å². The van der Waals surface area contributed by atoms with E-state index in [9.17, 15) is 0 Å². The molecule has 0 radical (unpaired) electrons. The second kappa shape index (κ2) is 5.63. The second-order valence-electron chi connectivity index (χ2n) is 5.68. The molecule has 1 aliphatic carbocycles. The Morgan fingerprint density at radius 3 is 2.78 bits per heavy atom. The van der Waals surface area contributed by atoms with Crippen LogP contribution >= 0.6 is 11.6 Å². The van der Waals surface area contributed by atoms with Gasteiger partial charge in [-0.15, -0.1) is 0 Å². The molecule has 1 aliphatic rings. The lowest BCUT2D eigenvalue weighted by atomic mass is 9.90. The summed E-state index contributed by atoms with van der Waals surface area (Å²) in [6, 6.07) is 2.61. The molecule has 1 aromatic carbocycles. The first-order chi connectivity index (χ1) is 8.54. The monoisotopic (exact) mass is 265 g/mol. The van der Waals surface area contributed by atoms with Crippen molar-refractivity contribution < 1.29 is 0 Å². The van der Waals surface area contributed by atoms with E-state index in [1.807, 2.05) is 0 Å². The molecule has 0 heterocycles. The highest BCUT2D eigenvalue weighted by Gasteiger charge is 2.25. The minimum Gasteiger partial charge on any atom is -0.310 e. The van der Waals surface area contributed by atoms with Crippen LogP contribution in [0, 0.1) is 19.8 Å². The molecule has 2 unspecified atom stereocenters. The molecule has 1 nitrogen and oxygen atoms in total. The summed E-state index contributed by atoms with van der Waals surface area (Å²) in [5.74, 6) is 0.777. The average molecular weight is 266 g/mol. The van der Waals surface area contributed by atoms with Crippen molar-refractivity contribution in [3.63, 3.8) is 0 Å². The number of rotatable bonds is 2. The normalized spacial score (nSPS) is 23.6. The summed E-state index contributed by atoms with van der Waals surface area (Å²) >= 11 is 6.38. The quantitative estimate of drug-likeness (QED) is 0.772. The zero-order valence-electron chi connectivity index (χ0n) is 11.9. The van der Waals surface area contributed by atoms with Crippen molar-refractivity contribution >= 4 is 11.6 Å². The Hall–Kier alpha value is -0.530. The van der Waals surface area contributed by atoms with Crippen LogP contribution in [0.3, 0.4) is 0 Å². The van der Waals surface area contributed by atoms with Gasteiger partial charge in [-0.25, -0.2) is 0 Å². The van der Waals surface area contributed by atoms with Crippen LogP contribution in [0.1, 0.15) is 55.0 Å². The Morgan fingerprint density at radius 2 is 2.11 bits per heavy atom. The van der Waals surface area contributed by atoms with Crippen molar-refractivity contribution in [1.82, 2.24) is 5.32 Å². The Labute approximate surface area is 116 Å². The molecule has 2 rings (SSSR count). The van der Waals surface area contributed by atoms with Gasteiger partial charge in [0.05, 0.1) is 0 Å². The highest BCUT2D eigenvalue weighted by atomic mass is 35.5. The van der Waals surface area contributed by atoms with Gasteiger partial charge in [0.15, 0.2) is 0 Å². The van der Waals surface area contributed by atoms with Crippen molar-refractivity contribution in [2.24, 2.45) is 5.92 Å². The topological polar surface area (TPSA) is 12.0 Å². The molecule has 0 amide bonds. The highest BCUT2D eigenvalue weighted by Crippen LogP contribution is 2.38. The SMILES string of the molecule is CCNC1CC(C)CCc2c(C)cc(Cl)c(C)c21. The number of nitrogens with one attached hydrogen (secondary N) is 1. The fraction of sp³-hybridized carbons (Fsp3) is 0.625. The van der Waals surface area contributed by atoms with Gasteiger partial charge in [0, 0.05) is 11.1 Å². The maximum absolute atomic E-state index is 6.38. The predicted molar refractivity (Wildman–Crippen MR) is 79.4 cm³/mol. The number of benzene rings is 1. The van der Waals surface area contributed by atoms with Gasteiger partial charge < -0.3 is 5.32 Å². The Morgan fingerprint density at radius 1 is 1.39 bits per heavy atom. The van der Waals surface area contributed by atoms with E-state index in [-0.39, 0.29) is 0 Å². The summed E-state index contributed by atoms with van der Waals surface area (Å²) in [5.41, 5.74) is 5.65. The van der Waals surface area contributed by atoms with Crippen molar-refractivity contribution in [2.45, 2.75) is 53.0 Å². The van der Waals surface area contributed by atoms with E-state index in [1.165, 1.54) is 41.5 Å². The summed E-state index contributed by atoms with van der Waals surface area (Å²) < 4.78 is 0. The molecule has 0 saturated heterocycles. The molecule has 0 bridgehead atoms. The second-order valence-corrected chi connectivity index (χ2v) is 6.09. The molecule has 0 saturated carbocycles. The van der Waals surface area contributed by atoms with E-state index in [4.69, 9.17) is 11.6 Å². The van der Waals surface area contributed by atoms with Crippen LogP contribution in [0.2, 0.25) is 5.02 Å². The summed E-state index contributed by atoms with van der Waals surface area (Å²) in [6.07, 6.45) is 3.71. The molecule has 0 fully saturated rings.